The average Bonchev–Trinajstić information content (AvgIpc) is 3.43. The number of nitrogens with zero attached hydrogens (tertiary/aromatic N) is 7. The molecule has 3 aliphatic rings. The van der Waals surface area contributed by atoms with Gasteiger partial charge in [-0.05, 0) is 73.0 Å². The number of ether oxygens (including phenoxy) is 1. The summed E-state index contributed by atoms with van der Waals surface area (Å²) in [5.41, 5.74) is 3.16. The maximum atomic E-state index is 13.8. The van der Waals surface area contributed by atoms with E-state index >= 15 is 0 Å². The van der Waals surface area contributed by atoms with Crippen molar-refractivity contribution in [1.29, 1.82) is 0 Å². The molecule has 6 rings (SSSR count). The van der Waals surface area contributed by atoms with E-state index in [9.17, 15) is 9.18 Å². The van der Waals surface area contributed by atoms with Crippen LogP contribution in [0.25, 0.3) is 15.6 Å². The van der Waals surface area contributed by atoms with E-state index in [1.165, 1.54) is 24.9 Å². The molecule has 0 spiro atoms. The Morgan fingerprint density at radius 1 is 1.14 bits per heavy atom. The standard InChI is InChI=1S/C32H35FIN7O2/c1-21(33)31(42)41-16-15-40(18-24(41)17-35-2)30-25-12-14-39(28-11-5-8-22-7-4-10-26(34)29(22)28)19-27(25)36-32(37-30)43-20-23-9-6-13-38(23)3/h4-5,7-8,10-11,23-24H,1,6,9,12-20H2,3H3/t23-,24-/m0/s1/i34+4. The number of likely N-dealkylation sites (N-methyl/N-ethyl adjacent to an activating group) is 1. The number of likely N-dealkylation sites (tertiary alicyclic amines) is 1. The van der Waals surface area contributed by atoms with E-state index in [4.69, 9.17) is 21.3 Å². The van der Waals surface area contributed by atoms with Crippen LogP contribution < -0.4 is 14.5 Å². The molecule has 0 unspecified atom stereocenters. The quantitative estimate of drug-likeness (QED) is 0.202. The van der Waals surface area contributed by atoms with Crippen LogP contribution in [0.15, 0.2) is 48.8 Å². The van der Waals surface area contributed by atoms with Crippen molar-refractivity contribution in [3.8, 4) is 6.01 Å². The Morgan fingerprint density at radius 2 is 1.95 bits per heavy atom. The van der Waals surface area contributed by atoms with Crippen LogP contribution in [0.2, 0.25) is 0 Å². The zero-order valence-electron chi connectivity index (χ0n) is 24.3. The van der Waals surface area contributed by atoms with E-state index in [0.29, 0.717) is 38.3 Å². The molecule has 0 N–H and O–H groups in total. The van der Waals surface area contributed by atoms with Gasteiger partial charge in [-0.2, -0.15) is 9.97 Å². The summed E-state index contributed by atoms with van der Waals surface area (Å²) in [7, 11) is 2.12. The minimum absolute atomic E-state index is 0.0770. The Morgan fingerprint density at radius 3 is 2.70 bits per heavy atom. The maximum Gasteiger partial charge on any atom is 0.318 e. The summed E-state index contributed by atoms with van der Waals surface area (Å²) >= 11 is 2.41. The number of carbonyl (C=O) groups excluding carboxylic acids is 1. The van der Waals surface area contributed by atoms with Gasteiger partial charge in [0.05, 0.1) is 12.2 Å². The Balaban J connectivity index is 1.34. The van der Waals surface area contributed by atoms with Crippen LogP contribution in [0.5, 0.6) is 6.01 Å². The molecule has 3 aromatic rings. The highest BCUT2D eigenvalue weighted by Gasteiger charge is 2.36. The fourth-order valence-corrected chi connectivity index (χ4v) is 7.35. The Kier molecular flexibility index (Phi) is 8.68. The summed E-state index contributed by atoms with van der Waals surface area (Å²) in [5.74, 6) is -0.963. The molecule has 0 radical (unpaired) electrons. The summed E-state index contributed by atoms with van der Waals surface area (Å²) in [6, 6.07) is 13.0. The van der Waals surface area contributed by atoms with Crippen molar-refractivity contribution in [3.63, 3.8) is 0 Å². The highest BCUT2D eigenvalue weighted by molar-refractivity contribution is 14.1. The van der Waals surface area contributed by atoms with Gasteiger partial charge in [0, 0.05) is 52.4 Å². The highest BCUT2D eigenvalue weighted by Crippen LogP contribution is 2.36. The van der Waals surface area contributed by atoms with Crippen molar-refractivity contribution in [1.82, 2.24) is 19.8 Å². The van der Waals surface area contributed by atoms with Gasteiger partial charge in [-0.1, -0.05) is 30.8 Å². The first kappa shape index (κ1) is 29.6. The third kappa shape index (κ3) is 5.99. The number of hydrogen-bond acceptors (Lipinski definition) is 7. The van der Waals surface area contributed by atoms with Gasteiger partial charge in [0.15, 0.2) is 5.83 Å². The van der Waals surface area contributed by atoms with Gasteiger partial charge in [-0.3, -0.25) is 4.79 Å². The number of rotatable bonds is 7. The molecule has 43 heavy (non-hydrogen) atoms. The molecule has 9 nitrogen and oxygen atoms in total. The number of aromatic nitrogens is 2. The normalized spacial score (nSPS) is 20.7. The molecule has 224 valence electrons. The summed E-state index contributed by atoms with van der Waals surface area (Å²) in [6.45, 7) is 14.8. The number of benzene rings is 2. The van der Waals surface area contributed by atoms with Gasteiger partial charge in [0.2, 0.25) is 6.54 Å². The molecular weight excluding hydrogens is 664 g/mol. The van der Waals surface area contributed by atoms with E-state index in [-0.39, 0.29) is 13.1 Å². The topological polar surface area (TPSA) is 69.4 Å². The van der Waals surface area contributed by atoms with E-state index in [1.54, 1.807) is 0 Å². The second kappa shape index (κ2) is 12.6. The number of hydrogen-bond donors (Lipinski definition) is 0. The molecule has 1 amide bonds. The number of fused-ring (bicyclic) bond motifs is 2. The first-order chi connectivity index (χ1) is 20.8. The summed E-state index contributed by atoms with van der Waals surface area (Å²) in [4.78, 5) is 34.2. The predicted octanol–water partition coefficient (Wildman–Crippen LogP) is 4.69. The summed E-state index contributed by atoms with van der Waals surface area (Å²) in [5, 5.41) is 2.44. The lowest BCUT2D eigenvalue weighted by molar-refractivity contribution is -0.131. The molecule has 0 bridgehead atoms. The van der Waals surface area contributed by atoms with Gasteiger partial charge in [-0.25, -0.2) is 11.0 Å². The van der Waals surface area contributed by atoms with Crippen molar-refractivity contribution in [2.24, 2.45) is 0 Å². The van der Waals surface area contributed by atoms with Gasteiger partial charge in [-0.15, -0.1) is 0 Å². The minimum Gasteiger partial charge on any atom is -0.462 e. The molecule has 0 saturated carbocycles. The number of anilines is 2. The number of amides is 1. The molecule has 11 heteroatoms. The Bertz CT molecular complexity index is 1590. The van der Waals surface area contributed by atoms with Crippen LogP contribution in [-0.4, -0.2) is 90.7 Å². The molecule has 2 fully saturated rings. The van der Waals surface area contributed by atoms with Crippen molar-refractivity contribution >= 4 is 50.8 Å². The Labute approximate surface area is 265 Å². The van der Waals surface area contributed by atoms with Crippen LogP contribution in [0.4, 0.5) is 15.9 Å². The zero-order valence-corrected chi connectivity index (χ0v) is 26.5. The van der Waals surface area contributed by atoms with Crippen molar-refractivity contribution in [2.75, 3.05) is 62.7 Å². The lowest BCUT2D eigenvalue weighted by Gasteiger charge is -2.41. The minimum atomic E-state index is -1.00. The lowest BCUT2D eigenvalue weighted by atomic mass is 10.0. The largest absolute Gasteiger partial charge is 0.462 e. The fraction of sp³-hybridized carbons (Fsp3) is 0.438. The molecule has 0 aliphatic carbocycles. The first-order valence-corrected chi connectivity index (χ1v) is 15.8. The molecule has 3 aliphatic heterocycles. The lowest BCUT2D eigenvalue weighted by Crippen LogP contribution is -2.57. The smallest absolute Gasteiger partial charge is 0.318 e. The van der Waals surface area contributed by atoms with E-state index < -0.39 is 17.8 Å². The fourth-order valence-electron chi connectivity index (χ4n) is 6.55. The SMILES string of the molecule is [C-]#[N+]C[C@H]1CN(c2nc(OC[C@@H]3CCCN3C)nc3c2CCN(c2cccc4cccc([131I])c24)C3)CCN1C(=O)C(=C)F. The van der Waals surface area contributed by atoms with Crippen molar-refractivity contribution in [3.05, 3.63) is 75.0 Å². The molecule has 2 atom stereocenters. The van der Waals surface area contributed by atoms with Crippen LogP contribution in [0.3, 0.4) is 0 Å². The van der Waals surface area contributed by atoms with Crippen LogP contribution in [0, 0.1) is 10.1 Å². The molecule has 1 aromatic heterocycles. The predicted molar refractivity (Wildman–Crippen MR) is 174 cm³/mol. The average molecular weight is 700 g/mol. The first-order valence-electron chi connectivity index (χ1n) is 14.7. The van der Waals surface area contributed by atoms with Crippen molar-refractivity contribution < 1.29 is 13.9 Å². The number of halogens is 2. The molecule has 4 heterocycles. The molecular formula is C32H35FIN7O2. The second-order valence-corrected chi connectivity index (χ2v) is 12.6. The maximum absolute atomic E-state index is 13.8. The monoisotopic (exact) mass is 699 g/mol. The highest BCUT2D eigenvalue weighted by atomic mass is 131. The van der Waals surface area contributed by atoms with Crippen LogP contribution in [-0.2, 0) is 17.8 Å². The van der Waals surface area contributed by atoms with Crippen LogP contribution >= 0.6 is 22.6 Å². The third-order valence-corrected chi connectivity index (χ3v) is 9.75. The van der Waals surface area contributed by atoms with Gasteiger partial charge in [0.25, 0.3) is 5.91 Å². The zero-order chi connectivity index (χ0) is 30.1. The van der Waals surface area contributed by atoms with E-state index in [2.05, 4.69) is 92.2 Å². The van der Waals surface area contributed by atoms with E-state index in [0.717, 1.165) is 49.4 Å². The van der Waals surface area contributed by atoms with Gasteiger partial charge in [0.1, 0.15) is 18.5 Å². The summed E-state index contributed by atoms with van der Waals surface area (Å²) in [6.07, 6.45) is 2.97. The van der Waals surface area contributed by atoms with Gasteiger partial charge >= 0.3 is 6.01 Å². The molecule has 2 saturated heterocycles. The number of piperazine rings is 1. The second-order valence-electron chi connectivity index (χ2n) is 11.5. The van der Waals surface area contributed by atoms with E-state index in [1.807, 2.05) is 0 Å². The molecule has 2 aromatic carbocycles. The Hall–Kier alpha value is -3.50. The number of carbonyl (C=O) groups is 1. The van der Waals surface area contributed by atoms with Gasteiger partial charge < -0.3 is 29.2 Å². The van der Waals surface area contributed by atoms with Crippen molar-refractivity contribution in [2.45, 2.75) is 37.9 Å². The van der Waals surface area contributed by atoms with Crippen LogP contribution in [0.1, 0.15) is 24.1 Å². The summed E-state index contributed by atoms with van der Waals surface area (Å²) < 4.78 is 21.3. The third-order valence-electron chi connectivity index (χ3n) is 8.85.